The van der Waals surface area contributed by atoms with Gasteiger partial charge in [0.2, 0.25) is 10.0 Å². The molecule has 0 radical (unpaired) electrons. The first-order chi connectivity index (χ1) is 10.1. The Morgan fingerprint density at radius 1 is 1.27 bits per heavy atom. The molecule has 2 rings (SSSR count). The zero-order valence-electron chi connectivity index (χ0n) is 11.3. The number of ether oxygens (including phenoxy) is 1. The second-order valence-corrected chi connectivity index (χ2v) is 8.95. The molecule has 0 saturated carbocycles. The molecule has 126 valence electrons. The number of aliphatic hydroxyl groups is 3. The summed E-state index contributed by atoms with van der Waals surface area (Å²) in [6.45, 7) is 1.24. The molecule has 0 amide bonds. The maximum Gasteiger partial charge on any atom is 0.250 e. The van der Waals surface area contributed by atoms with Crippen LogP contribution in [0.4, 0.5) is 0 Å². The Bertz CT molecular complexity index is 617. The molecule has 3 unspecified atom stereocenters. The van der Waals surface area contributed by atoms with Crippen molar-refractivity contribution in [2.45, 2.75) is 41.7 Å². The van der Waals surface area contributed by atoms with Gasteiger partial charge in [-0.3, -0.25) is 0 Å². The van der Waals surface area contributed by atoms with Gasteiger partial charge in [0.05, 0.1) is 11.1 Å². The third-order valence-electron chi connectivity index (χ3n) is 3.31. The molecule has 0 bridgehead atoms. The van der Waals surface area contributed by atoms with E-state index in [0.717, 1.165) is 11.3 Å². The zero-order chi connectivity index (χ0) is 16.7. The minimum atomic E-state index is -3.87. The highest BCUT2D eigenvalue weighted by atomic mass is 35.5. The van der Waals surface area contributed by atoms with Crippen LogP contribution in [0.2, 0.25) is 9.36 Å². The Balaban J connectivity index is 2.05. The molecule has 4 N–H and O–H groups in total. The van der Waals surface area contributed by atoms with Gasteiger partial charge in [-0.15, -0.1) is 11.3 Å². The average molecular weight is 392 g/mol. The number of nitrogens with one attached hydrogen (secondary N) is 1. The highest BCUT2D eigenvalue weighted by Crippen LogP contribution is 2.34. The van der Waals surface area contributed by atoms with E-state index in [9.17, 15) is 23.7 Å². The molecule has 7 nitrogen and oxygen atoms in total. The Morgan fingerprint density at radius 3 is 2.45 bits per heavy atom. The summed E-state index contributed by atoms with van der Waals surface area (Å²) in [5.41, 5.74) is 0. The summed E-state index contributed by atoms with van der Waals surface area (Å²) in [6, 6.07) is 1.22. The maximum atomic E-state index is 12.1. The van der Waals surface area contributed by atoms with Crippen LogP contribution in [-0.2, 0) is 14.8 Å². The van der Waals surface area contributed by atoms with E-state index in [1.807, 2.05) is 0 Å². The molecule has 0 aliphatic carbocycles. The van der Waals surface area contributed by atoms with Gasteiger partial charge in [-0.25, -0.2) is 13.1 Å². The number of hydrogen-bond donors (Lipinski definition) is 4. The van der Waals surface area contributed by atoms with Crippen LogP contribution in [-0.4, -0.2) is 60.8 Å². The summed E-state index contributed by atoms with van der Waals surface area (Å²) in [6.07, 6.45) is -5.79. The first kappa shape index (κ1) is 18.4. The summed E-state index contributed by atoms with van der Waals surface area (Å²) in [7, 11) is -3.87. The van der Waals surface area contributed by atoms with E-state index in [-0.39, 0.29) is 20.1 Å². The summed E-state index contributed by atoms with van der Waals surface area (Å²) in [5.74, 6) is 0. The van der Waals surface area contributed by atoms with Gasteiger partial charge in [-0.05, 0) is 13.0 Å². The third-order valence-corrected chi connectivity index (χ3v) is 7.08. The molecule has 1 aliphatic heterocycles. The molecule has 5 atom stereocenters. The Kier molecular flexibility index (Phi) is 5.74. The molecule has 1 saturated heterocycles. The third kappa shape index (κ3) is 3.74. The quantitative estimate of drug-likeness (QED) is 0.582. The second kappa shape index (κ2) is 6.88. The van der Waals surface area contributed by atoms with Crippen LogP contribution in [0, 0.1) is 0 Å². The summed E-state index contributed by atoms with van der Waals surface area (Å²) >= 11 is 12.3. The predicted molar refractivity (Wildman–Crippen MR) is 81.9 cm³/mol. The lowest BCUT2D eigenvalue weighted by atomic mass is 9.96. The van der Waals surface area contributed by atoms with Gasteiger partial charge in [0.15, 0.2) is 0 Å². The van der Waals surface area contributed by atoms with Crippen molar-refractivity contribution >= 4 is 44.6 Å². The van der Waals surface area contributed by atoms with Crippen molar-refractivity contribution in [3.05, 3.63) is 15.4 Å². The molecule has 1 fully saturated rings. The lowest BCUT2D eigenvalue weighted by Gasteiger charge is -2.39. The molecule has 1 aromatic heterocycles. The number of hydrogen-bond acceptors (Lipinski definition) is 7. The van der Waals surface area contributed by atoms with Crippen LogP contribution in [0.1, 0.15) is 6.92 Å². The average Bonchev–Trinajstić information content (AvgIpc) is 2.80. The zero-order valence-corrected chi connectivity index (χ0v) is 14.5. The number of halogens is 2. The minimum Gasteiger partial charge on any atom is -0.388 e. The van der Waals surface area contributed by atoms with Gasteiger partial charge in [0.25, 0.3) is 0 Å². The van der Waals surface area contributed by atoms with Crippen molar-refractivity contribution in [2.24, 2.45) is 0 Å². The van der Waals surface area contributed by atoms with Crippen molar-refractivity contribution in [3.8, 4) is 0 Å². The maximum absolute atomic E-state index is 12.1. The van der Waals surface area contributed by atoms with Gasteiger partial charge in [-0.1, -0.05) is 23.2 Å². The number of thiophene rings is 1. The van der Waals surface area contributed by atoms with Gasteiger partial charge in [0.1, 0.15) is 33.0 Å². The smallest absolute Gasteiger partial charge is 0.250 e. The summed E-state index contributed by atoms with van der Waals surface area (Å²) in [4.78, 5) is 0. The molecule has 1 aromatic rings. The highest BCUT2D eigenvalue weighted by Gasteiger charge is 2.42. The van der Waals surface area contributed by atoms with Crippen molar-refractivity contribution in [1.29, 1.82) is 0 Å². The molecular weight excluding hydrogens is 377 g/mol. The number of aliphatic hydroxyl groups excluding tert-OH is 3. The van der Waals surface area contributed by atoms with Gasteiger partial charge in [0, 0.05) is 6.54 Å². The van der Waals surface area contributed by atoms with Crippen LogP contribution < -0.4 is 4.72 Å². The molecule has 11 heteroatoms. The monoisotopic (exact) mass is 391 g/mol. The molecule has 2 heterocycles. The van der Waals surface area contributed by atoms with E-state index in [1.165, 1.54) is 13.0 Å². The van der Waals surface area contributed by atoms with E-state index in [2.05, 4.69) is 4.72 Å². The fourth-order valence-corrected chi connectivity index (χ4v) is 5.00. The molecule has 22 heavy (non-hydrogen) atoms. The van der Waals surface area contributed by atoms with Crippen molar-refractivity contribution in [2.75, 3.05) is 6.54 Å². The van der Waals surface area contributed by atoms with Crippen LogP contribution in [0.25, 0.3) is 0 Å². The molecule has 0 spiro atoms. The topological polar surface area (TPSA) is 116 Å². The van der Waals surface area contributed by atoms with E-state index in [4.69, 9.17) is 27.9 Å². The first-order valence-corrected chi connectivity index (χ1v) is 9.33. The normalized spacial score (nSPS) is 33.1. The van der Waals surface area contributed by atoms with E-state index >= 15 is 0 Å². The van der Waals surface area contributed by atoms with E-state index < -0.39 is 40.5 Å². The van der Waals surface area contributed by atoms with Crippen LogP contribution in [0.3, 0.4) is 0 Å². The van der Waals surface area contributed by atoms with E-state index in [1.54, 1.807) is 0 Å². The fourth-order valence-electron chi connectivity index (χ4n) is 2.03. The van der Waals surface area contributed by atoms with Crippen molar-refractivity contribution in [1.82, 2.24) is 4.72 Å². The molecule has 0 aromatic carbocycles. The standard InChI is InChI=1S/C11H15Cl2NO6S2/c1-4-8(15)10(17)9(16)6(20-4)3-14-22(18,19)7-2-5(12)11(13)21-7/h2,4,6,8-10,14-17H,3H2,1H3/t4?,6-,8-,9?,10?/m1/s1. The summed E-state index contributed by atoms with van der Waals surface area (Å²) < 4.78 is 31.9. The minimum absolute atomic E-state index is 0.0681. The number of rotatable bonds is 4. The SMILES string of the molecule is CC1O[C@H](CNS(=O)(=O)c2cc(Cl)c(Cl)s2)C(O)C(O)[C@@H]1O. The van der Waals surface area contributed by atoms with Crippen LogP contribution >= 0.6 is 34.5 Å². The van der Waals surface area contributed by atoms with Gasteiger partial charge in [-0.2, -0.15) is 0 Å². The Labute approximate surface area is 141 Å². The van der Waals surface area contributed by atoms with Crippen LogP contribution in [0.5, 0.6) is 0 Å². The molecular formula is C11H15Cl2NO6S2. The highest BCUT2D eigenvalue weighted by molar-refractivity contribution is 7.91. The van der Waals surface area contributed by atoms with E-state index in [0.29, 0.717) is 0 Å². The summed E-state index contributed by atoms with van der Waals surface area (Å²) in [5, 5.41) is 29.2. The lowest BCUT2D eigenvalue weighted by Crippen LogP contribution is -2.59. The fraction of sp³-hybridized carbons (Fsp3) is 0.636. The lowest BCUT2D eigenvalue weighted by molar-refractivity contribution is -0.214. The van der Waals surface area contributed by atoms with Gasteiger partial charge >= 0.3 is 0 Å². The molecule has 1 aliphatic rings. The predicted octanol–water partition coefficient (Wildman–Crippen LogP) is 0.203. The van der Waals surface area contributed by atoms with Gasteiger partial charge < -0.3 is 20.1 Å². The van der Waals surface area contributed by atoms with Crippen LogP contribution in [0.15, 0.2) is 10.3 Å². The van der Waals surface area contributed by atoms with Crippen molar-refractivity contribution in [3.63, 3.8) is 0 Å². The van der Waals surface area contributed by atoms with Crippen molar-refractivity contribution < 1.29 is 28.5 Å². The first-order valence-electron chi connectivity index (χ1n) is 6.27. The number of sulfonamides is 1. The Hall–Kier alpha value is 0.0300. The largest absolute Gasteiger partial charge is 0.388 e. The Morgan fingerprint density at radius 2 is 1.91 bits per heavy atom. The second-order valence-electron chi connectivity index (χ2n) is 4.89.